The molecule has 1 aliphatic heterocycles. The number of nitro groups is 1. The number of thiocarbonyl (C=S) groups is 1. The fourth-order valence-corrected chi connectivity index (χ4v) is 4.77. The summed E-state index contributed by atoms with van der Waals surface area (Å²) < 4.78 is 17.1. The predicted molar refractivity (Wildman–Crippen MR) is 141 cm³/mol. The minimum Gasteiger partial charge on any atom is -0.497 e. The van der Waals surface area contributed by atoms with Gasteiger partial charge in [-0.05, 0) is 60.2 Å². The van der Waals surface area contributed by atoms with Gasteiger partial charge < -0.3 is 24.1 Å². The first kappa shape index (κ1) is 24.3. The highest BCUT2D eigenvalue weighted by Gasteiger charge is 2.41. The number of hydrogen-bond acceptors (Lipinski definition) is 7. The van der Waals surface area contributed by atoms with Gasteiger partial charge >= 0.3 is 0 Å². The van der Waals surface area contributed by atoms with Gasteiger partial charge in [-0.15, -0.1) is 0 Å². The number of ether oxygens (including phenoxy) is 2. The van der Waals surface area contributed by atoms with Crippen molar-refractivity contribution in [3.05, 3.63) is 106 Å². The fourth-order valence-electron chi connectivity index (χ4n) is 4.47. The molecule has 2 atom stereocenters. The Morgan fingerprint density at radius 3 is 2.57 bits per heavy atom. The number of methoxy groups -OCH3 is 2. The maximum Gasteiger partial charge on any atom is 0.273 e. The molecule has 1 fully saturated rings. The topological polar surface area (TPSA) is 103 Å². The molecule has 5 rings (SSSR count). The van der Waals surface area contributed by atoms with Crippen LogP contribution in [0.2, 0.25) is 0 Å². The second-order valence-electron chi connectivity index (χ2n) is 8.45. The van der Waals surface area contributed by atoms with Crippen LogP contribution in [0.15, 0.2) is 83.4 Å². The summed E-state index contributed by atoms with van der Waals surface area (Å²) in [4.78, 5) is 17.4. The first-order valence-corrected chi connectivity index (χ1v) is 11.9. The Labute approximate surface area is 218 Å². The fraction of sp³-hybridized carbons (Fsp3) is 0.185. The van der Waals surface area contributed by atoms with Gasteiger partial charge in [0, 0.05) is 18.8 Å². The van der Waals surface area contributed by atoms with Crippen molar-refractivity contribution in [2.24, 2.45) is 0 Å². The Morgan fingerprint density at radius 1 is 1.08 bits per heavy atom. The number of nitrogens with zero attached hydrogens (tertiary/aromatic N) is 3. The molecule has 37 heavy (non-hydrogen) atoms. The summed E-state index contributed by atoms with van der Waals surface area (Å²) in [6.45, 7) is 0.542. The summed E-state index contributed by atoms with van der Waals surface area (Å²) >= 11 is 5.76. The smallest absolute Gasteiger partial charge is 0.273 e. The summed E-state index contributed by atoms with van der Waals surface area (Å²) in [5.74, 6) is 2.34. The monoisotopic (exact) mass is 516 g/mol. The van der Waals surface area contributed by atoms with E-state index < -0.39 is 4.92 Å². The Morgan fingerprint density at radius 2 is 1.89 bits per heavy atom. The minimum atomic E-state index is -0.459. The number of non-ortho nitro benzene ring substituents is 1. The maximum absolute atomic E-state index is 11.2. The van der Waals surface area contributed by atoms with Crippen molar-refractivity contribution < 1.29 is 18.8 Å². The summed E-state index contributed by atoms with van der Waals surface area (Å²) in [5.41, 5.74) is 2.45. The first-order chi connectivity index (χ1) is 18.0. The highest BCUT2D eigenvalue weighted by molar-refractivity contribution is 7.80. The summed E-state index contributed by atoms with van der Waals surface area (Å²) in [5, 5.41) is 15.2. The van der Waals surface area contributed by atoms with E-state index in [0.29, 0.717) is 34.5 Å². The molecular weight excluding hydrogens is 492 g/mol. The molecule has 0 unspecified atom stereocenters. The lowest BCUT2D eigenvalue weighted by Crippen LogP contribution is -2.29. The largest absolute Gasteiger partial charge is 0.497 e. The van der Waals surface area contributed by atoms with Crippen LogP contribution in [0.25, 0.3) is 11.3 Å². The average molecular weight is 517 g/mol. The standard InChI is InChI=1S/C27H24N4O5S/c1-34-19-9-6-17(7-10-19)16-30-26(25(29-27(30)37)21-5-3-4-14-28-21)23-13-12-22(36-23)20-11-8-18(31(32)33)15-24(20)35-2/h3-15,25-26H,16H2,1-2H3,(H,29,37)/t25-,26+/m1/s1. The maximum atomic E-state index is 11.2. The Kier molecular flexibility index (Phi) is 6.74. The van der Waals surface area contributed by atoms with E-state index >= 15 is 0 Å². The highest BCUT2D eigenvalue weighted by Crippen LogP contribution is 2.42. The molecule has 2 aromatic carbocycles. The third kappa shape index (κ3) is 4.83. The van der Waals surface area contributed by atoms with Crippen molar-refractivity contribution in [2.75, 3.05) is 14.2 Å². The van der Waals surface area contributed by atoms with Gasteiger partial charge in [-0.3, -0.25) is 15.1 Å². The lowest BCUT2D eigenvalue weighted by molar-refractivity contribution is -0.384. The zero-order valence-corrected chi connectivity index (χ0v) is 21.0. The number of hydrogen-bond donors (Lipinski definition) is 1. The van der Waals surface area contributed by atoms with E-state index in [9.17, 15) is 10.1 Å². The molecule has 1 N–H and O–H groups in total. The number of furan rings is 1. The van der Waals surface area contributed by atoms with Crippen LogP contribution in [0.3, 0.4) is 0 Å². The molecule has 1 aliphatic rings. The number of rotatable bonds is 8. The highest BCUT2D eigenvalue weighted by atomic mass is 32.1. The Hall–Kier alpha value is -4.44. The summed E-state index contributed by atoms with van der Waals surface area (Å²) in [6, 6.07) is 21.2. The van der Waals surface area contributed by atoms with E-state index in [2.05, 4.69) is 15.2 Å². The van der Waals surface area contributed by atoms with Gasteiger partial charge in [0.25, 0.3) is 5.69 Å². The summed E-state index contributed by atoms with van der Waals surface area (Å²) in [6.07, 6.45) is 1.75. The normalized spacial score (nSPS) is 16.9. The lowest BCUT2D eigenvalue weighted by atomic mass is 10.0. The van der Waals surface area contributed by atoms with E-state index in [1.165, 1.54) is 19.2 Å². The van der Waals surface area contributed by atoms with Gasteiger partial charge in [0.2, 0.25) is 0 Å². The van der Waals surface area contributed by atoms with Gasteiger partial charge in [-0.2, -0.15) is 0 Å². The van der Waals surface area contributed by atoms with E-state index in [1.54, 1.807) is 19.4 Å². The van der Waals surface area contributed by atoms with Crippen molar-refractivity contribution in [1.29, 1.82) is 0 Å². The van der Waals surface area contributed by atoms with Gasteiger partial charge in [0.15, 0.2) is 5.11 Å². The van der Waals surface area contributed by atoms with Crippen LogP contribution >= 0.6 is 12.2 Å². The van der Waals surface area contributed by atoms with Gasteiger partial charge in [0.05, 0.1) is 42.5 Å². The molecule has 188 valence electrons. The third-order valence-electron chi connectivity index (χ3n) is 6.29. The minimum absolute atomic E-state index is 0.0568. The third-order valence-corrected chi connectivity index (χ3v) is 6.64. The molecule has 0 radical (unpaired) electrons. The van der Waals surface area contributed by atoms with E-state index in [1.807, 2.05) is 54.6 Å². The van der Waals surface area contributed by atoms with Crippen LogP contribution in [-0.4, -0.2) is 34.1 Å². The SMILES string of the molecule is COc1ccc(CN2C(=S)N[C@H](c3ccccn3)[C@@H]2c2ccc(-c3ccc([N+](=O)[O-])cc3OC)o2)cc1. The van der Waals surface area contributed by atoms with Crippen molar-refractivity contribution in [3.63, 3.8) is 0 Å². The van der Waals surface area contributed by atoms with Gasteiger partial charge in [-0.25, -0.2) is 0 Å². The Bertz CT molecular complexity index is 1420. The molecule has 2 aromatic heterocycles. The zero-order chi connectivity index (χ0) is 25.9. The molecule has 0 spiro atoms. The average Bonchev–Trinajstić information content (AvgIpc) is 3.54. The quantitative estimate of drug-likeness (QED) is 0.186. The molecule has 0 bridgehead atoms. The molecule has 4 aromatic rings. The molecule has 9 nitrogen and oxygen atoms in total. The van der Waals surface area contributed by atoms with E-state index in [4.69, 9.17) is 26.1 Å². The second-order valence-corrected chi connectivity index (χ2v) is 8.83. The number of pyridine rings is 1. The molecule has 1 saturated heterocycles. The Balaban J connectivity index is 1.53. The van der Waals surface area contributed by atoms with Gasteiger partial charge in [0.1, 0.15) is 29.1 Å². The van der Waals surface area contributed by atoms with Crippen LogP contribution in [0.4, 0.5) is 5.69 Å². The van der Waals surface area contributed by atoms with Crippen molar-refractivity contribution in [3.8, 4) is 22.8 Å². The van der Waals surface area contributed by atoms with Crippen LogP contribution in [0, 0.1) is 10.1 Å². The van der Waals surface area contributed by atoms with Crippen molar-refractivity contribution in [2.45, 2.75) is 18.6 Å². The first-order valence-electron chi connectivity index (χ1n) is 11.5. The molecule has 0 aliphatic carbocycles. The number of aromatic nitrogens is 1. The van der Waals surface area contributed by atoms with Crippen molar-refractivity contribution in [1.82, 2.24) is 15.2 Å². The zero-order valence-electron chi connectivity index (χ0n) is 20.2. The van der Waals surface area contributed by atoms with E-state index in [0.717, 1.165) is 17.0 Å². The van der Waals surface area contributed by atoms with E-state index in [-0.39, 0.29) is 17.8 Å². The number of nitrogens with one attached hydrogen (secondary N) is 1. The van der Waals surface area contributed by atoms with Crippen LogP contribution < -0.4 is 14.8 Å². The van der Waals surface area contributed by atoms with Crippen molar-refractivity contribution >= 4 is 23.0 Å². The molecule has 3 heterocycles. The predicted octanol–water partition coefficient (Wildman–Crippen LogP) is 5.44. The van der Waals surface area contributed by atoms with Crippen LogP contribution in [-0.2, 0) is 6.54 Å². The number of benzene rings is 2. The van der Waals surface area contributed by atoms with Gasteiger partial charge in [-0.1, -0.05) is 18.2 Å². The summed E-state index contributed by atoms with van der Waals surface area (Å²) in [7, 11) is 3.11. The lowest BCUT2D eigenvalue weighted by Gasteiger charge is -2.26. The van der Waals surface area contributed by atoms with Crippen LogP contribution in [0.5, 0.6) is 11.5 Å². The molecule has 0 saturated carbocycles. The number of nitro benzene ring substituents is 1. The molecular formula is C27H24N4O5S. The molecule has 0 amide bonds. The second kappa shape index (κ2) is 10.3. The molecule has 10 heteroatoms. The van der Waals surface area contributed by atoms with Crippen LogP contribution in [0.1, 0.15) is 29.1 Å².